The summed E-state index contributed by atoms with van der Waals surface area (Å²) in [5, 5.41) is 18.4. The zero-order valence-corrected chi connectivity index (χ0v) is 18.1. The molecular weight excluding hydrogens is 340 g/mol. The van der Waals surface area contributed by atoms with Crippen LogP contribution in [0.25, 0.3) is 0 Å². The van der Waals surface area contributed by atoms with Crippen molar-refractivity contribution in [2.24, 2.45) is 11.3 Å². The van der Waals surface area contributed by atoms with Crippen LogP contribution in [0.3, 0.4) is 0 Å². The zero-order chi connectivity index (χ0) is 20.5. The lowest BCUT2D eigenvalue weighted by Crippen LogP contribution is -2.33. The number of hydrogen-bond donors (Lipinski definition) is 2. The number of carbonyl (C=O) groups is 2. The van der Waals surface area contributed by atoms with Crippen LogP contribution in [0.2, 0.25) is 0 Å². The van der Waals surface area contributed by atoms with Crippen molar-refractivity contribution in [3.63, 3.8) is 0 Å². The fourth-order valence-electron chi connectivity index (χ4n) is 3.90. The minimum atomic E-state index is -0.924. The molecule has 0 aromatic rings. The topological polar surface area (TPSA) is 74.6 Å². The smallest absolute Gasteiger partial charge is 0.307 e. The molecule has 1 atom stereocenters. The Balaban J connectivity index is 3.64. The lowest BCUT2D eigenvalue weighted by molar-refractivity contribution is -0.149. The summed E-state index contributed by atoms with van der Waals surface area (Å²) in [6, 6.07) is 0. The number of carboxylic acid groups (broad SMARTS) is 2. The molecule has 0 saturated carbocycles. The fraction of sp³-hybridized carbons (Fsp3) is 0.913. The molecule has 0 saturated heterocycles. The first-order valence-electron chi connectivity index (χ1n) is 11.3. The quantitative estimate of drug-likeness (QED) is 0.234. The first-order valence-corrected chi connectivity index (χ1v) is 11.3. The van der Waals surface area contributed by atoms with E-state index in [1.54, 1.807) is 13.8 Å². The van der Waals surface area contributed by atoms with Crippen molar-refractivity contribution in [1.82, 2.24) is 0 Å². The summed E-state index contributed by atoms with van der Waals surface area (Å²) < 4.78 is 0. The van der Waals surface area contributed by atoms with E-state index in [1.165, 1.54) is 70.6 Å². The van der Waals surface area contributed by atoms with Gasteiger partial charge in [0, 0.05) is 0 Å². The molecule has 160 valence electrons. The number of carboxylic acids is 2. The monoisotopic (exact) mass is 384 g/mol. The molecule has 0 aliphatic heterocycles. The van der Waals surface area contributed by atoms with E-state index >= 15 is 0 Å². The Morgan fingerprint density at radius 1 is 0.704 bits per heavy atom. The summed E-state index contributed by atoms with van der Waals surface area (Å²) in [7, 11) is 0. The van der Waals surface area contributed by atoms with Gasteiger partial charge in [0.15, 0.2) is 0 Å². The highest BCUT2D eigenvalue weighted by Crippen LogP contribution is 2.34. The SMILES string of the molecule is CCCCCCCCCCCCCCCCC(C(=O)O)C(C)(C)CC(=O)O. The average molecular weight is 385 g/mol. The van der Waals surface area contributed by atoms with E-state index in [0.29, 0.717) is 6.42 Å². The summed E-state index contributed by atoms with van der Waals surface area (Å²) in [4.78, 5) is 22.5. The summed E-state index contributed by atoms with van der Waals surface area (Å²) in [6.07, 6.45) is 18.4. The molecule has 1 unspecified atom stereocenters. The minimum absolute atomic E-state index is 0.0947. The first kappa shape index (κ1) is 25.9. The first-order chi connectivity index (χ1) is 12.8. The second-order valence-electron chi connectivity index (χ2n) is 8.83. The maximum atomic E-state index is 11.5. The van der Waals surface area contributed by atoms with Gasteiger partial charge in [0.25, 0.3) is 0 Å². The van der Waals surface area contributed by atoms with Gasteiger partial charge in [0.05, 0.1) is 12.3 Å². The average Bonchev–Trinajstić information content (AvgIpc) is 2.56. The van der Waals surface area contributed by atoms with Crippen LogP contribution in [-0.2, 0) is 9.59 Å². The van der Waals surface area contributed by atoms with Gasteiger partial charge in [-0.2, -0.15) is 0 Å². The number of hydrogen-bond acceptors (Lipinski definition) is 2. The van der Waals surface area contributed by atoms with Gasteiger partial charge in [-0.3, -0.25) is 9.59 Å². The van der Waals surface area contributed by atoms with Gasteiger partial charge in [-0.05, 0) is 11.8 Å². The molecule has 0 aromatic carbocycles. The van der Waals surface area contributed by atoms with Crippen LogP contribution in [-0.4, -0.2) is 22.2 Å². The maximum Gasteiger partial charge on any atom is 0.307 e. The third-order valence-electron chi connectivity index (χ3n) is 5.69. The molecule has 4 nitrogen and oxygen atoms in total. The van der Waals surface area contributed by atoms with Crippen LogP contribution < -0.4 is 0 Å². The van der Waals surface area contributed by atoms with Gasteiger partial charge in [0.2, 0.25) is 0 Å². The van der Waals surface area contributed by atoms with Gasteiger partial charge in [-0.1, -0.05) is 111 Å². The maximum absolute atomic E-state index is 11.5. The van der Waals surface area contributed by atoms with Crippen LogP contribution in [0.1, 0.15) is 124 Å². The van der Waals surface area contributed by atoms with Gasteiger partial charge >= 0.3 is 11.9 Å². The number of aliphatic carboxylic acids is 2. The van der Waals surface area contributed by atoms with E-state index in [1.807, 2.05) is 0 Å². The number of rotatable bonds is 19. The third-order valence-corrected chi connectivity index (χ3v) is 5.69. The molecule has 0 fully saturated rings. The summed E-state index contributed by atoms with van der Waals surface area (Å²) >= 11 is 0. The minimum Gasteiger partial charge on any atom is -0.481 e. The highest BCUT2D eigenvalue weighted by atomic mass is 16.4. The zero-order valence-electron chi connectivity index (χ0n) is 18.1. The van der Waals surface area contributed by atoms with Gasteiger partial charge in [-0.25, -0.2) is 0 Å². The number of unbranched alkanes of at least 4 members (excludes halogenated alkanes) is 13. The van der Waals surface area contributed by atoms with Crippen molar-refractivity contribution in [3.8, 4) is 0 Å². The molecule has 2 N–H and O–H groups in total. The van der Waals surface area contributed by atoms with E-state index in [4.69, 9.17) is 5.11 Å². The van der Waals surface area contributed by atoms with E-state index in [-0.39, 0.29) is 6.42 Å². The van der Waals surface area contributed by atoms with Crippen molar-refractivity contribution < 1.29 is 19.8 Å². The molecular formula is C23H44O4. The van der Waals surface area contributed by atoms with Gasteiger partial charge in [0.1, 0.15) is 0 Å². The third kappa shape index (κ3) is 14.6. The second kappa shape index (κ2) is 15.9. The van der Waals surface area contributed by atoms with E-state index in [9.17, 15) is 14.7 Å². The Kier molecular flexibility index (Phi) is 15.3. The molecule has 0 aliphatic rings. The molecule has 0 radical (unpaired) electrons. The molecule has 4 heteroatoms. The molecule has 0 spiro atoms. The highest BCUT2D eigenvalue weighted by Gasteiger charge is 2.36. The Morgan fingerprint density at radius 2 is 1.07 bits per heavy atom. The van der Waals surface area contributed by atoms with Crippen LogP contribution in [0.15, 0.2) is 0 Å². The van der Waals surface area contributed by atoms with Crippen molar-refractivity contribution in [2.45, 2.75) is 124 Å². The van der Waals surface area contributed by atoms with E-state index in [0.717, 1.165) is 19.3 Å². The predicted octanol–water partition coefficient (Wildman–Crippen LogP) is 7.06. The van der Waals surface area contributed by atoms with Crippen molar-refractivity contribution >= 4 is 11.9 Å². The van der Waals surface area contributed by atoms with Crippen molar-refractivity contribution in [1.29, 1.82) is 0 Å². The van der Waals surface area contributed by atoms with Crippen LogP contribution in [0.4, 0.5) is 0 Å². The summed E-state index contributed by atoms with van der Waals surface area (Å²) in [5.41, 5.74) is -0.700. The normalized spacial score (nSPS) is 12.9. The van der Waals surface area contributed by atoms with E-state index < -0.39 is 23.3 Å². The Morgan fingerprint density at radius 3 is 1.41 bits per heavy atom. The molecule has 0 aromatic heterocycles. The highest BCUT2D eigenvalue weighted by molar-refractivity contribution is 5.73. The second-order valence-corrected chi connectivity index (χ2v) is 8.83. The largest absolute Gasteiger partial charge is 0.481 e. The fourth-order valence-corrected chi connectivity index (χ4v) is 3.90. The van der Waals surface area contributed by atoms with Crippen molar-refractivity contribution in [2.75, 3.05) is 0 Å². The lowest BCUT2D eigenvalue weighted by atomic mass is 9.74. The Bertz CT molecular complexity index is 390. The lowest BCUT2D eigenvalue weighted by Gasteiger charge is -2.30. The molecule has 0 rings (SSSR count). The van der Waals surface area contributed by atoms with Gasteiger partial charge < -0.3 is 10.2 Å². The molecule has 0 aliphatic carbocycles. The molecule has 0 bridgehead atoms. The summed E-state index contributed by atoms with van der Waals surface area (Å²) in [6.45, 7) is 5.76. The van der Waals surface area contributed by atoms with E-state index in [2.05, 4.69) is 6.92 Å². The summed E-state index contributed by atoms with van der Waals surface area (Å²) in [5.74, 6) is -2.37. The predicted molar refractivity (Wildman–Crippen MR) is 112 cm³/mol. The van der Waals surface area contributed by atoms with Gasteiger partial charge in [-0.15, -0.1) is 0 Å². The Hall–Kier alpha value is -1.06. The van der Waals surface area contributed by atoms with Crippen LogP contribution in [0.5, 0.6) is 0 Å². The van der Waals surface area contributed by atoms with Crippen LogP contribution >= 0.6 is 0 Å². The van der Waals surface area contributed by atoms with Crippen LogP contribution in [0, 0.1) is 11.3 Å². The Labute approximate surface area is 167 Å². The molecule has 0 heterocycles. The standard InChI is InChI=1S/C23H44O4/c1-4-5-6-7-8-9-10-11-12-13-14-15-16-17-18-20(22(26)27)23(2,3)19-21(24)25/h20H,4-19H2,1-3H3,(H,24,25)(H,26,27). The van der Waals surface area contributed by atoms with Crippen molar-refractivity contribution in [3.05, 3.63) is 0 Å². The molecule has 27 heavy (non-hydrogen) atoms. The molecule has 0 amide bonds.